The van der Waals surface area contributed by atoms with Crippen LogP contribution in [-0.2, 0) is 58.6 Å². The fourth-order valence-corrected chi connectivity index (χ4v) is 1.04. The molecule has 0 saturated heterocycles. The third-order valence-electron chi connectivity index (χ3n) is 1.62. The van der Waals surface area contributed by atoms with Crippen molar-refractivity contribution in [2.24, 2.45) is 0 Å². The minimum absolute atomic E-state index is 0. The smallest absolute Gasteiger partial charge is 0.665 e. The van der Waals surface area contributed by atoms with E-state index in [9.17, 15) is 0 Å². The number of hydrogen-bond donors (Lipinski definition) is 2. The van der Waals surface area contributed by atoms with Gasteiger partial charge < -0.3 is 21.3 Å². The molecule has 2 aromatic carbocycles. The standard InChI is InChI=1S/C12H8N.CHO2.W.Y/c1-3-7-11(8-4-1)13-12-9-5-2-6-10-12;2-1-3;;/h1-5,7,10,13H;(H,2,3);;/q-3;-1;+2;. The summed E-state index contributed by atoms with van der Waals surface area (Å²) in [5.74, 6) is 0. The quantitative estimate of drug-likeness (QED) is 0.645. The second-order valence-electron chi connectivity index (χ2n) is 2.69. The number of anilines is 2. The molecule has 2 aromatic rings. The molecule has 0 amide bonds. The zero-order valence-corrected chi connectivity index (χ0v) is 15.2. The van der Waals surface area contributed by atoms with E-state index < -0.39 is 0 Å². The van der Waals surface area contributed by atoms with Crippen molar-refractivity contribution in [1.82, 2.24) is 0 Å². The van der Waals surface area contributed by atoms with Crippen LogP contribution in [0.4, 0.5) is 11.4 Å². The fraction of sp³-hybridized carbons (Fsp3) is 0. The van der Waals surface area contributed by atoms with E-state index in [1.54, 1.807) is 0 Å². The van der Waals surface area contributed by atoms with Crippen molar-refractivity contribution in [3.8, 4) is 0 Å². The number of para-hydroxylation sites is 1. The molecule has 18 heavy (non-hydrogen) atoms. The maximum atomic E-state index is 8.24. The largest absolute Gasteiger partial charge is 2.00 e. The molecule has 0 fully saturated rings. The molecule has 0 heterocycles. The van der Waals surface area contributed by atoms with Crippen molar-refractivity contribution >= 4 is 17.8 Å². The number of hydrogen-bond acceptors (Lipinski definition) is 2. The van der Waals surface area contributed by atoms with Gasteiger partial charge in [0.15, 0.2) is 0 Å². The summed E-state index contributed by atoms with van der Waals surface area (Å²) in [6.07, 6.45) is 0. The zero-order chi connectivity index (χ0) is 11.6. The monoisotopic (exact) mass is 484 g/mol. The zero-order valence-electron chi connectivity index (χ0n) is 9.38. The predicted molar refractivity (Wildman–Crippen MR) is 61.0 cm³/mol. The van der Waals surface area contributed by atoms with Gasteiger partial charge in [0.25, 0.3) is 0 Å². The van der Waals surface area contributed by atoms with Gasteiger partial charge in [0.05, 0.1) is 0 Å². The van der Waals surface area contributed by atoms with E-state index in [1.807, 2.05) is 42.5 Å². The van der Waals surface area contributed by atoms with Crippen LogP contribution in [0.3, 0.4) is 0 Å². The average molecular weight is 484 g/mol. The van der Waals surface area contributed by atoms with Crippen molar-refractivity contribution < 1.29 is 63.7 Å². The van der Waals surface area contributed by atoms with Crippen LogP contribution in [0.1, 0.15) is 0 Å². The van der Waals surface area contributed by atoms with E-state index in [1.165, 1.54) is 0 Å². The molecule has 0 spiro atoms. The van der Waals surface area contributed by atoms with Crippen LogP contribution in [0.5, 0.6) is 0 Å². The van der Waals surface area contributed by atoms with Gasteiger partial charge in [0.1, 0.15) is 0 Å². The van der Waals surface area contributed by atoms with Crippen molar-refractivity contribution in [1.29, 1.82) is 0 Å². The van der Waals surface area contributed by atoms with E-state index in [2.05, 4.69) is 23.5 Å². The minimum atomic E-state index is 0. The summed E-state index contributed by atoms with van der Waals surface area (Å²) in [5, 5.41) is 9.93. The van der Waals surface area contributed by atoms with Gasteiger partial charge >= 0.3 is 21.1 Å². The molecule has 0 saturated carbocycles. The second-order valence-corrected chi connectivity index (χ2v) is 2.69. The van der Waals surface area contributed by atoms with Crippen LogP contribution in [0.15, 0.2) is 42.5 Å². The summed E-state index contributed by atoms with van der Waals surface area (Å²) in [7, 11) is 0. The first-order chi connectivity index (χ1) is 7.86. The first kappa shape index (κ1) is 19.8. The van der Waals surface area contributed by atoms with Gasteiger partial charge in [0.2, 0.25) is 0 Å². The maximum absolute atomic E-state index is 8.24. The Hall–Kier alpha value is -0.498. The molecule has 0 aliphatic carbocycles. The van der Waals surface area contributed by atoms with Gasteiger partial charge in [-0.2, -0.15) is 30.0 Å². The third-order valence-corrected chi connectivity index (χ3v) is 1.62. The molecular formula is C13H9NO2WY-2. The molecule has 3 nitrogen and oxygen atoms in total. The van der Waals surface area contributed by atoms with Crippen LogP contribution < -0.4 is 5.32 Å². The molecule has 89 valence electrons. The van der Waals surface area contributed by atoms with Crippen molar-refractivity contribution in [2.75, 3.05) is 5.32 Å². The topological polar surface area (TPSA) is 49.3 Å². The molecule has 5 heteroatoms. The van der Waals surface area contributed by atoms with Gasteiger partial charge in [-0.25, -0.2) is 0 Å². The molecule has 0 aromatic heterocycles. The SMILES string of the molecule is O=[C-]O.[W+2].[Y].[c-]1cc[c-]c(Nc2[c-]cccc2)c1. The first-order valence-corrected chi connectivity index (χ1v) is 4.49. The van der Waals surface area contributed by atoms with Crippen molar-refractivity contribution in [3.05, 3.63) is 60.7 Å². The molecule has 2 rings (SSSR count). The Labute approximate surface area is 146 Å². The Morgan fingerprint density at radius 3 is 2.28 bits per heavy atom. The number of benzene rings is 2. The second kappa shape index (κ2) is 12.9. The summed E-state index contributed by atoms with van der Waals surface area (Å²) in [6, 6.07) is 22.3. The van der Waals surface area contributed by atoms with E-state index in [4.69, 9.17) is 9.90 Å². The first-order valence-electron chi connectivity index (χ1n) is 4.49. The van der Waals surface area contributed by atoms with Crippen LogP contribution in [-0.4, -0.2) is 11.6 Å². The summed E-state index contributed by atoms with van der Waals surface area (Å²) in [4.78, 5) is 8.24. The Morgan fingerprint density at radius 2 is 1.78 bits per heavy atom. The molecular weight excluding hydrogens is 475 g/mol. The Bertz CT molecular complexity index is 374. The van der Waals surface area contributed by atoms with E-state index in [0.29, 0.717) is 6.47 Å². The van der Waals surface area contributed by atoms with E-state index in [-0.39, 0.29) is 53.8 Å². The maximum Gasteiger partial charge on any atom is 2.00 e. The van der Waals surface area contributed by atoms with Crippen LogP contribution in [0.2, 0.25) is 0 Å². The Kier molecular flexibility index (Phi) is 14.3. The summed E-state index contributed by atoms with van der Waals surface area (Å²) >= 11 is 0. The average Bonchev–Trinajstić information content (AvgIpc) is 2.33. The normalized spacial score (nSPS) is 7.56. The molecule has 0 atom stereocenters. The number of rotatable bonds is 2. The third kappa shape index (κ3) is 8.57. The van der Waals surface area contributed by atoms with Crippen molar-refractivity contribution in [2.45, 2.75) is 0 Å². The molecule has 1 radical (unpaired) electrons. The van der Waals surface area contributed by atoms with Gasteiger partial charge in [-0.15, -0.1) is 6.07 Å². The van der Waals surface area contributed by atoms with Crippen LogP contribution in [0, 0.1) is 18.2 Å². The Morgan fingerprint density at radius 1 is 1.11 bits per heavy atom. The van der Waals surface area contributed by atoms with Crippen LogP contribution >= 0.6 is 0 Å². The molecule has 0 unspecified atom stereocenters. The minimum Gasteiger partial charge on any atom is -0.665 e. The van der Waals surface area contributed by atoms with Gasteiger partial charge in [-0.05, 0) is 0 Å². The summed E-state index contributed by atoms with van der Waals surface area (Å²) < 4.78 is 0. The summed E-state index contributed by atoms with van der Waals surface area (Å²) in [5.41, 5.74) is 1.85. The molecule has 0 bridgehead atoms. The predicted octanol–water partition coefficient (Wildman–Crippen LogP) is 2.44. The van der Waals surface area contributed by atoms with Crippen molar-refractivity contribution in [3.63, 3.8) is 0 Å². The molecule has 2 N–H and O–H groups in total. The van der Waals surface area contributed by atoms with Gasteiger partial charge in [0, 0.05) is 32.7 Å². The fourth-order valence-electron chi connectivity index (χ4n) is 1.04. The van der Waals surface area contributed by atoms with Gasteiger partial charge in [-0.3, -0.25) is 24.3 Å². The summed E-state index contributed by atoms with van der Waals surface area (Å²) in [6.45, 7) is 0.500. The van der Waals surface area contributed by atoms with Crippen LogP contribution in [0.25, 0.3) is 0 Å². The Balaban J connectivity index is 0. The van der Waals surface area contributed by atoms with E-state index >= 15 is 0 Å². The molecule has 0 aliphatic heterocycles. The number of aliphatic hydroxyl groups excluding tert-OH is 1. The number of nitrogens with one attached hydrogen (secondary N) is 1. The molecule has 0 aliphatic rings. The van der Waals surface area contributed by atoms with E-state index in [0.717, 1.165) is 11.4 Å². The van der Waals surface area contributed by atoms with Gasteiger partial charge in [-0.1, -0.05) is 12.2 Å².